The van der Waals surface area contributed by atoms with Crippen molar-refractivity contribution < 1.29 is 9.13 Å². The minimum absolute atomic E-state index is 0.593. The van der Waals surface area contributed by atoms with Crippen LogP contribution in [0.3, 0.4) is 0 Å². The first-order chi connectivity index (χ1) is 42.5. The Kier molecular flexibility index (Phi) is 25.3. The Labute approximate surface area is 536 Å². The van der Waals surface area contributed by atoms with Gasteiger partial charge in [-0.15, -0.1) is 0 Å². The Morgan fingerprint density at radius 1 is 0.425 bits per heavy atom. The standard InChI is InChI=1S/C22H23N5.C22H25N3.C17H14N2.C5H10Br2.C5H10BrN3/c1-15-19-14-27(12-7-3-6-11-24-26-23)13-10-17(19)16(2)22-21(15)18-8-4-5-9-20(18)25-22;1-15-19-14-25(12-7-3-6-11-23)13-10-17(19)16(2)22-21(15)18-8-4-5-9-20(18)24-22;1-10-14-9-18-8-7-12(14)11(2)17-16(10)13-5-3-4-6-15(13)19-17;6-4-2-1-3-5-7;6-4-2-1-3-5-8-9-7/h4-5,8-10,13-14H,3,6-7,11-12H2,1-2H3;4-5,8-10,13-14H,3,6-7,11-12,23H2,1-2H3;3-9,19H,1-2H3;1-5H2;1-5H2/p+2. The van der Waals surface area contributed by atoms with Crippen molar-refractivity contribution in [3.8, 4) is 0 Å². The SMILES string of the molecule is BrCCCCCBr.Cc1c2cc[n+](CCCCCN)cc2c(C)c2c1[nH]c1ccccc12.Cc1c2cc[n+](CCCCCN=[N+]=[N-])cc2c(C)c2c1[nH]c1ccccc12.Cc1c2ccncc2c(C)c2c1[nH]c1ccccc12.[N-]=[N+]=NCCCCCBr. The minimum Gasteiger partial charge on any atom is -0.354 e. The van der Waals surface area contributed by atoms with E-state index in [0.29, 0.717) is 13.1 Å². The van der Waals surface area contributed by atoms with Crippen LogP contribution in [0.15, 0.2) is 138 Å². The summed E-state index contributed by atoms with van der Waals surface area (Å²) in [6.07, 6.45) is 26.7. The number of aryl methyl sites for hydroxylation is 8. The summed E-state index contributed by atoms with van der Waals surface area (Å²) in [6.45, 7) is 17.4. The van der Waals surface area contributed by atoms with Gasteiger partial charge in [0.1, 0.15) is 13.1 Å². The maximum atomic E-state index is 8.33. The summed E-state index contributed by atoms with van der Waals surface area (Å²) in [4.78, 5) is 20.5. The van der Waals surface area contributed by atoms with Crippen molar-refractivity contribution in [2.75, 3.05) is 35.6 Å². The lowest BCUT2D eigenvalue weighted by Crippen LogP contribution is -2.32. The molecule has 6 heterocycles. The largest absolute Gasteiger partial charge is 0.354 e. The van der Waals surface area contributed by atoms with E-state index in [-0.39, 0.29) is 0 Å². The van der Waals surface area contributed by atoms with Gasteiger partial charge in [0.15, 0.2) is 24.8 Å². The number of benzene rings is 6. The molecule has 0 aliphatic heterocycles. The van der Waals surface area contributed by atoms with Gasteiger partial charge in [-0.05, 0) is 184 Å². The molecule has 6 aromatic carbocycles. The first-order valence-electron chi connectivity index (χ1n) is 30.8. The van der Waals surface area contributed by atoms with Gasteiger partial charge in [0.25, 0.3) is 0 Å². The number of halogens is 3. The quantitative estimate of drug-likeness (QED) is 0.0148. The number of H-pyrrole nitrogens is 3. The monoisotopic (exact) mass is 1360 g/mol. The van der Waals surface area contributed by atoms with E-state index >= 15 is 0 Å². The molecule has 87 heavy (non-hydrogen) atoms. The van der Waals surface area contributed by atoms with Crippen molar-refractivity contribution in [3.05, 3.63) is 182 Å². The number of azide groups is 2. The Morgan fingerprint density at radius 3 is 1.20 bits per heavy atom. The topological polar surface area (TPSA) is 192 Å². The highest BCUT2D eigenvalue weighted by Crippen LogP contribution is 2.39. The normalized spacial score (nSPS) is 11.1. The highest BCUT2D eigenvalue weighted by atomic mass is 79.9. The molecule has 0 atom stereocenters. The van der Waals surface area contributed by atoms with Crippen LogP contribution in [0.25, 0.3) is 119 Å². The second-order valence-corrected chi connectivity index (χ2v) is 24.8. The van der Waals surface area contributed by atoms with Gasteiger partial charge in [-0.1, -0.05) is 125 Å². The van der Waals surface area contributed by atoms with E-state index < -0.39 is 0 Å². The fraction of sp³-hybridized carbons (Fsp3) is 0.366. The number of rotatable bonds is 20. The van der Waals surface area contributed by atoms with Crippen LogP contribution in [-0.4, -0.2) is 55.6 Å². The van der Waals surface area contributed by atoms with Crippen molar-refractivity contribution in [1.82, 2.24) is 19.9 Å². The second kappa shape index (κ2) is 33.4. The molecule has 13 nitrogen and oxygen atoms in total. The summed E-state index contributed by atoms with van der Waals surface area (Å²) >= 11 is 10.0. The number of hydrogen-bond acceptors (Lipinski definition) is 4. The first-order valence-corrected chi connectivity index (χ1v) is 34.2. The number of hydrogen-bond donors (Lipinski definition) is 4. The van der Waals surface area contributed by atoms with Crippen molar-refractivity contribution in [1.29, 1.82) is 0 Å². The van der Waals surface area contributed by atoms with Gasteiger partial charge in [0.2, 0.25) is 0 Å². The van der Waals surface area contributed by atoms with E-state index in [0.717, 1.165) is 74.1 Å². The van der Waals surface area contributed by atoms with Crippen LogP contribution in [0.4, 0.5) is 0 Å². The fourth-order valence-electron chi connectivity index (χ4n) is 12.1. The number of para-hydroxylation sites is 3. The van der Waals surface area contributed by atoms with E-state index in [2.05, 4.69) is 254 Å². The fourth-order valence-corrected chi connectivity index (χ4v) is 13.2. The van der Waals surface area contributed by atoms with Crippen LogP contribution in [0.1, 0.15) is 110 Å². The number of nitrogens with zero attached hydrogens (tertiary/aromatic N) is 9. The minimum atomic E-state index is 0.593. The van der Waals surface area contributed by atoms with Crippen LogP contribution in [0, 0.1) is 41.5 Å². The predicted molar refractivity (Wildman–Crippen MR) is 380 cm³/mol. The maximum Gasteiger partial charge on any atom is 0.176 e. The van der Waals surface area contributed by atoms with Gasteiger partial charge < -0.3 is 20.7 Å². The van der Waals surface area contributed by atoms with Gasteiger partial charge in [-0.3, -0.25) is 4.98 Å². The van der Waals surface area contributed by atoms with Gasteiger partial charge >= 0.3 is 0 Å². The highest BCUT2D eigenvalue weighted by Gasteiger charge is 2.19. The molecule has 0 aliphatic carbocycles. The molecule has 0 unspecified atom stereocenters. The number of alkyl halides is 3. The number of aromatic nitrogens is 6. The van der Waals surface area contributed by atoms with E-state index in [4.69, 9.17) is 16.8 Å². The zero-order valence-corrected chi connectivity index (χ0v) is 56.3. The molecule has 12 rings (SSSR count). The smallest absolute Gasteiger partial charge is 0.176 e. The molecule has 0 bridgehead atoms. The molecule has 0 radical (unpaired) electrons. The summed E-state index contributed by atoms with van der Waals surface area (Å²) in [5.74, 6) is 0. The van der Waals surface area contributed by atoms with Gasteiger partial charge in [0, 0.05) is 141 Å². The molecular weight excluding hydrogens is 1270 g/mol. The Bertz CT molecular complexity index is 4350. The lowest BCUT2D eigenvalue weighted by molar-refractivity contribution is -0.696. The average molecular weight is 1360 g/mol. The summed E-state index contributed by atoms with van der Waals surface area (Å²) < 4.78 is 4.61. The number of nitrogens with two attached hydrogens (primary N) is 1. The first kappa shape index (κ1) is 65.9. The molecule has 0 aliphatic rings. The lowest BCUT2D eigenvalue weighted by atomic mass is 9.97. The van der Waals surface area contributed by atoms with Crippen molar-refractivity contribution in [2.24, 2.45) is 16.0 Å². The second-order valence-electron chi connectivity index (χ2n) is 22.5. The molecule has 0 fully saturated rings. The molecule has 5 N–H and O–H groups in total. The third-order valence-corrected chi connectivity index (χ3v) is 18.4. The van der Waals surface area contributed by atoms with Crippen molar-refractivity contribution in [3.63, 3.8) is 0 Å². The van der Waals surface area contributed by atoms with E-state index in [1.165, 1.54) is 170 Å². The van der Waals surface area contributed by atoms with Gasteiger partial charge in [0.05, 0.1) is 16.6 Å². The van der Waals surface area contributed by atoms with Crippen LogP contribution < -0.4 is 14.9 Å². The van der Waals surface area contributed by atoms with Gasteiger partial charge in [-0.2, -0.15) is 0 Å². The lowest BCUT2D eigenvalue weighted by Gasteiger charge is -2.08. The Balaban J connectivity index is 0.000000152. The average Bonchev–Trinajstić information content (AvgIpc) is 1.78. The molecule has 0 spiro atoms. The summed E-state index contributed by atoms with van der Waals surface area (Å²) in [5.41, 5.74) is 37.1. The molecule has 0 saturated heterocycles. The zero-order chi connectivity index (χ0) is 61.7. The molecule has 0 saturated carbocycles. The number of nitrogens with one attached hydrogen (secondary N) is 3. The maximum absolute atomic E-state index is 8.33. The van der Waals surface area contributed by atoms with Gasteiger partial charge in [-0.25, -0.2) is 9.13 Å². The number of unbranched alkanes of at least 4 members (excludes halogenated alkanes) is 8. The molecule has 12 aromatic rings. The van der Waals surface area contributed by atoms with Crippen LogP contribution >= 0.6 is 47.8 Å². The third-order valence-electron chi connectivity index (χ3n) is 16.7. The summed E-state index contributed by atoms with van der Waals surface area (Å²) in [7, 11) is 0. The molecule has 452 valence electrons. The number of fused-ring (bicyclic) bond motifs is 12. The predicted octanol–water partition coefficient (Wildman–Crippen LogP) is 20.7. The van der Waals surface area contributed by atoms with Crippen LogP contribution in [0.5, 0.6) is 0 Å². The summed E-state index contributed by atoms with van der Waals surface area (Å²) in [6, 6.07) is 32.2. The van der Waals surface area contributed by atoms with E-state index in [1.54, 1.807) is 0 Å². The van der Waals surface area contributed by atoms with Crippen LogP contribution in [0.2, 0.25) is 0 Å². The Morgan fingerprint density at radius 2 is 0.793 bits per heavy atom. The highest BCUT2D eigenvalue weighted by molar-refractivity contribution is 9.09. The van der Waals surface area contributed by atoms with E-state index in [9.17, 15) is 0 Å². The Hall–Kier alpha value is -7.03. The molecule has 6 aromatic heterocycles. The third kappa shape index (κ3) is 16.0. The number of aromatic amines is 3. The van der Waals surface area contributed by atoms with Crippen LogP contribution in [-0.2, 0) is 13.1 Å². The zero-order valence-electron chi connectivity index (χ0n) is 51.5. The molecule has 0 amide bonds. The molecular formula is C71H84Br3N13+2. The van der Waals surface area contributed by atoms with E-state index in [1.807, 2.05) is 12.4 Å². The number of pyridine rings is 3. The van der Waals surface area contributed by atoms with Crippen molar-refractivity contribution in [2.45, 2.75) is 132 Å². The molecule has 16 heteroatoms. The van der Waals surface area contributed by atoms with Crippen molar-refractivity contribution >= 4 is 146 Å². The summed E-state index contributed by atoms with van der Waals surface area (Å²) in [5, 5.41) is 26.2.